The van der Waals surface area contributed by atoms with Gasteiger partial charge in [-0.3, -0.25) is 4.98 Å². The standard InChI is InChI=1S/C21H28N2O4S/c1-12-17(19(24)27-21(2,3)4)14(11-16(23-12)20(25-5)26-6)13-9-8-10-15(22)18(13)28-7/h8-11,20H,22H2,1-7H3. The zero-order valence-corrected chi connectivity index (χ0v) is 18.3. The van der Waals surface area contributed by atoms with E-state index in [4.69, 9.17) is 19.9 Å². The van der Waals surface area contributed by atoms with E-state index in [0.29, 0.717) is 28.2 Å². The lowest BCUT2D eigenvalue weighted by Crippen LogP contribution is -2.25. The number of ether oxygens (including phenoxy) is 3. The smallest absolute Gasteiger partial charge is 0.341 e. The predicted molar refractivity (Wildman–Crippen MR) is 113 cm³/mol. The van der Waals surface area contributed by atoms with E-state index in [1.54, 1.807) is 27.2 Å². The molecule has 0 bridgehead atoms. The van der Waals surface area contributed by atoms with Gasteiger partial charge in [0.05, 0.1) is 17.0 Å². The van der Waals surface area contributed by atoms with Crippen LogP contribution in [0.5, 0.6) is 0 Å². The lowest BCUT2D eigenvalue weighted by molar-refractivity contribution is -0.108. The highest BCUT2D eigenvalue weighted by Crippen LogP contribution is 2.38. The number of carbonyl (C=O) groups excluding carboxylic acids is 1. The normalized spacial score (nSPS) is 11.7. The van der Waals surface area contributed by atoms with Gasteiger partial charge >= 0.3 is 5.97 Å². The molecular weight excluding hydrogens is 376 g/mol. The predicted octanol–water partition coefficient (Wildman–Crippen LogP) is 4.61. The SMILES string of the molecule is COC(OC)c1cc(-c2cccc(N)c2SC)c(C(=O)OC(C)(C)C)c(C)n1. The van der Waals surface area contributed by atoms with Gasteiger partial charge in [0.25, 0.3) is 0 Å². The molecule has 28 heavy (non-hydrogen) atoms. The highest BCUT2D eigenvalue weighted by Gasteiger charge is 2.27. The van der Waals surface area contributed by atoms with Gasteiger partial charge in [-0.05, 0) is 51.6 Å². The lowest BCUT2D eigenvalue weighted by atomic mass is 9.97. The maximum absolute atomic E-state index is 13.0. The van der Waals surface area contributed by atoms with Crippen LogP contribution in [0.4, 0.5) is 5.69 Å². The average molecular weight is 405 g/mol. The molecule has 152 valence electrons. The van der Waals surface area contributed by atoms with Crippen LogP contribution in [0.1, 0.15) is 48.8 Å². The van der Waals surface area contributed by atoms with Crippen molar-refractivity contribution in [1.82, 2.24) is 4.98 Å². The third kappa shape index (κ3) is 4.84. The molecule has 0 spiro atoms. The van der Waals surface area contributed by atoms with Crippen LogP contribution < -0.4 is 5.73 Å². The summed E-state index contributed by atoms with van der Waals surface area (Å²) in [5, 5.41) is 0. The van der Waals surface area contributed by atoms with Gasteiger partial charge in [0, 0.05) is 30.4 Å². The summed E-state index contributed by atoms with van der Waals surface area (Å²) in [5.74, 6) is -0.431. The van der Waals surface area contributed by atoms with Crippen molar-refractivity contribution in [2.45, 2.75) is 44.5 Å². The maximum Gasteiger partial charge on any atom is 0.341 e. The van der Waals surface area contributed by atoms with Crippen LogP contribution in [0.25, 0.3) is 11.1 Å². The summed E-state index contributed by atoms with van der Waals surface area (Å²) in [6, 6.07) is 7.44. The van der Waals surface area contributed by atoms with Crippen LogP contribution in [0.2, 0.25) is 0 Å². The monoisotopic (exact) mass is 404 g/mol. The number of pyridine rings is 1. The molecule has 7 heteroatoms. The number of rotatable bonds is 6. The Morgan fingerprint density at radius 2 is 1.82 bits per heavy atom. The first kappa shape index (κ1) is 22.2. The molecule has 0 amide bonds. The second-order valence-corrected chi connectivity index (χ2v) is 8.10. The summed E-state index contributed by atoms with van der Waals surface area (Å²) in [5.41, 5.74) is 9.24. The highest BCUT2D eigenvalue weighted by atomic mass is 32.2. The molecule has 0 aliphatic rings. The largest absolute Gasteiger partial charge is 0.456 e. The number of nitrogen functional groups attached to an aromatic ring is 1. The number of carbonyl (C=O) groups is 1. The number of thioether (sulfide) groups is 1. The Morgan fingerprint density at radius 1 is 1.18 bits per heavy atom. The molecule has 1 aromatic carbocycles. The molecule has 0 aliphatic heterocycles. The molecule has 0 saturated heterocycles. The lowest BCUT2D eigenvalue weighted by Gasteiger charge is -2.23. The number of hydrogen-bond acceptors (Lipinski definition) is 7. The molecule has 2 N–H and O–H groups in total. The minimum atomic E-state index is -0.649. The Hall–Kier alpha value is -2.09. The Kier molecular flexibility index (Phi) is 7.09. The molecule has 6 nitrogen and oxygen atoms in total. The number of aromatic nitrogens is 1. The van der Waals surface area contributed by atoms with Gasteiger partial charge in [-0.1, -0.05) is 12.1 Å². The Bertz CT molecular complexity index is 858. The number of benzene rings is 1. The molecule has 2 rings (SSSR count). The molecule has 0 aliphatic carbocycles. The number of anilines is 1. The van der Waals surface area contributed by atoms with E-state index in [2.05, 4.69) is 4.98 Å². The van der Waals surface area contributed by atoms with E-state index >= 15 is 0 Å². The zero-order valence-electron chi connectivity index (χ0n) is 17.5. The molecule has 0 atom stereocenters. The minimum absolute atomic E-state index is 0.408. The summed E-state index contributed by atoms with van der Waals surface area (Å²) in [6.45, 7) is 7.28. The Balaban J connectivity index is 2.79. The molecule has 0 unspecified atom stereocenters. The summed E-state index contributed by atoms with van der Waals surface area (Å²) >= 11 is 1.52. The zero-order chi connectivity index (χ0) is 21.1. The molecule has 1 aromatic heterocycles. The van der Waals surface area contributed by atoms with Gasteiger partial charge in [0.1, 0.15) is 5.60 Å². The van der Waals surface area contributed by atoms with Crippen molar-refractivity contribution in [2.75, 3.05) is 26.2 Å². The van der Waals surface area contributed by atoms with Crippen molar-refractivity contribution in [3.8, 4) is 11.1 Å². The molecule has 2 aromatic rings. The number of methoxy groups -OCH3 is 2. The fraction of sp³-hybridized carbons (Fsp3) is 0.429. The number of hydrogen-bond donors (Lipinski definition) is 1. The van der Waals surface area contributed by atoms with Crippen LogP contribution in [-0.4, -0.2) is 37.0 Å². The third-order valence-electron chi connectivity index (χ3n) is 4.03. The first-order valence-corrected chi connectivity index (χ1v) is 10.1. The van der Waals surface area contributed by atoms with Crippen LogP contribution in [0.15, 0.2) is 29.2 Å². The van der Waals surface area contributed by atoms with Gasteiger partial charge in [-0.25, -0.2) is 4.79 Å². The molecule has 0 saturated carbocycles. The number of nitrogens with two attached hydrogens (primary N) is 1. The summed E-state index contributed by atoms with van der Waals surface area (Å²) in [6.07, 6.45) is 1.30. The van der Waals surface area contributed by atoms with Crippen molar-refractivity contribution in [2.24, 2.45) is 0 Å². The van der Waals surface area contributed by atoms with Crippen molar-refractivity contribution in [3.05, 3.63) is 41.2 Å². The van der Waals surface area contributed by atoms with E-state index in [9.17, 15) is 4.79 Å². The molecule has 0 radical (unpaired) electrons. The summed E-state index contributed by atoms with van der Waals surface area (Å²) in [7, 11) is 3.08. The Labute approximate surface area is 170 Å². The second kappa shape index (κ2) is 8.94. The average Bonchev–Trinajstić information content (AvgIpc) is 2.60. The fourth-order valence-electron chi connectivity index (χ4n) is 2.95. The molecular formula is C21H28N2O4S. The number of esters is 1. The fourth-order valence-corrected chi connectivity index (χ4v) is 3.65. The van der Waals surface area contributed by atoms with Crippen molar-refractivity contribution in [1.29, 1.82) is 0 Å². The van der Waals surface area contributed by atoms with E-state index in [1.165, 1.54) is 11.8 Å². The second-order valence-electron chi connectivity index (χ2n) is 7.29. The maximum atomic E-state index is 13.0. The van der Waals surface area contributed by atoms with Gasteiger partial charge in [-0.2, -0.15) is 0 Å². The minimum Gasteiger partial charge on any atom is -0.456 e. The van der Waals surface area contributed by atoms with E-state index < -0.39 is 17.9 Å². The van der Waals surface area contributed by atoms with Gasteiger partial charge in [0.15, 0.2) is 0 Å². The summed E-state index contributed by atoms with van der Waals surface area (Å²) < 4.78 is 16.4. The van der Waals surface area contributed by atoms with Crippen LogP contribution in [0.3, 0.4) is 0 Å². The van der Waals surface area contributed by atoms with Gasteiger partial charge in [-0.15, -0.1) is 11.8 Å². The first-order chi connectivity index (χ1) is 13.1. The first-order valence-electron chi connectivity index (χ1n) is 8.86. The Morgan fingerprint density at radius 3 is 2.36 bits per heavy atom. The van der Waals surface area contributed by atoms with Gasteiger partial charge in [0.2, 0.25) is 6.29 Å². The number of aryl methyl sites for hydroxylation is 1. The van der Waals surface area contributed by atoms with Crippen LogP contribution >= 0.6 is 11.8 Å². The third-order valence-corrected chi connectivity index (χ3v) is 4.90. The van der Waals surface area contributed by atoms with E-state index in [1.807, 2.05) is 45.2 Å². The van der Waals surface area contributed by atoms with Crippen molar-refractivity contribution >= 4 is 23.4 Å². The van der Waals surface area contributed by atoms with E-state index in [-0.39, 0.29) is 0 Å². The summed E-state index contributed by atoms with van der Waals surface area (Å²) in [4.78, 5) is 18.4. The molecule has 1 heterocycles. The van der Waals surface area contributed by atoms with Crippen LogP contribution in [-0.2, 0) is 14.2 Å². The molecule has 0 fully saturated rings. The van der Waals surface area contributed by atoms with Crippen molar-refractivity contribution < 1.29 is 19.0 Å². The van der Waals surface area contributed by atoms with Crippen molar-refractivity contribution in [3.63, 3.8) is 0 Å². The topological polar surface area (TPSA) is 83.7 Å². The van der Waals surface area contributed by atoms with Gasteiger partial charge < -0.3 is 19.9 Å². The van der Waals surface area contributed by atoms with Crippen LogP contribution in [0, 0.1) is 6.92 Å². The quantitative estimate of drug-likeness (QED) is 0.326. The highest BCUT2D eigenvalue weighted by molar-refractivity contribution is 7.98. The van der Waals surface area contributed by atoms with E-state index in [0.717, 1.165) is 10.5 Å². The number of nitrogens with zero attached hydrogens (tertiary/aromatic N) is 1.